The highest BCUT2D eigenvalue weighted by molar-refractivity contribution is 7.98. The molecular formula is C19H29NO2S. The number of ether oxygens (including phenoxy) is 1. The predicted molar refractivity (Wildman–Crippen MR) is 97.8 cm³/mol. The summed E-state index contributed by atoms with van der Waals surface area (Å²) >= 11 is 1.79. The van der Waals surface area contributed by atoms with Gasteiger partial charge in [-0.1, -0.05) is 13.8 Å². The number of ketones is 1. The average Bonchev–Trinajstić information content (AvgIpc) is 2.60. The summed E-state index contributed by atoms with van der Waals surface area (Å²) in [5, 5.41) is 0. The van der Waals surface area contributed by atoms with E-state index in [0.29, 0.717) is 13.2 Å². The minimum absolute atomic E-state index is 0.219. The monoisotopic (exact) mass is 335 g/mol. The Balaban J connectivity index is 2.38. The number of rotatable bonds is 6. The zero-order valence-electron chi connectivity index (χ0n) is 15.1. The number of morpholine rings is 1. The third-order valence-corrected chi connectivity index (χ3v) is 5.76. The van der Waals surface area contributed by atoms with Crippen LogP contribution in [0.3, 0.4) is 0 Å². The Labute approximate surface area is 144 Å². The molecule has 0 radical (unpaired) electrons. The van der Waals surface area contributed by atoms with E-state index in [1.54, 1.807) is 11.8 Å². The van der Waals surface area contributed by atoms with Crippen molar-refractivity contribution in [1.29, 1.82) is 0 Å². The number of nitrogens with zero attached hydrogens (tertiary/aromatic N) is 1. The van der Waals surface area contributed by atoms with Gasteiger partial charge >= 0.3 is 0 Å². The van der Waals surface area contributed by atoms with Gasteiger partial charge in [-0.3, -0.25) is 9.69 Å². The Hall–Kier alpha value is -0.840. The normalized spacial score (nSPS) is 16.6. The largest absolute Gasteiger partial charge is 0.379 e. The van der Waals surface area contributed by atoms with Crippen molar-refractivity contribution in [3.63, 3.8) is 0 Å². The number of benzene rings is 1. The molecule has 0 spiro atoms. The molecule has 128 valence electrons. The van der Waals surface area contributed by atoms with Crippen molar-refractivity contribution in [2.24, 2.45) is 0 Å². The summed E-state index contributed by atoms with van der Waals surface area (Å²) in [6, 6.07) is 4.21. The van der Waals surface area contributed by atoms with Gasteiger partial charge < -0.3 is 4.74 Å². The van der Waals surface area contributed by atoms with Gasteiger partial charge in [0.1, 0.15) is 0 Å². The molecule has 0 amide bonds. The van der Waals surface area contributed by atoms with E-state index in [0.717, 1.165) is 31.5 Å². The summed E-state index contributed by atoms with van der Waals surface area (Å²) in [6.45, 7) is 11.5. The fourth-order valence-corrected chi connectivity index (χ4v) is 4.22. The summed E-state index contributed by atoms with van der Waals surface area (Å²) in [4.78, 5) is 16.8. The van der Waals surface area contributed by atoms with Gasteiger partial charge in [0.05, 0.1) is 18.8 Å². The third-order valence-electron chi connectivity index (χ3n) is 4.83. The summed E-state index contributed by atoms with van der Waals surface area (Å²) in [5.74, 6) is 0.219. The quantitative estimate of drug-likeness (QED) is 0.584. The zero-order valence-corrected chi connectivity index (χ0v) is 15.9. The molecule has 1 aliphatic heterocycles. The first-order valence-corrected chi connectivity index (χ1v) is 9.75. The number of Topliss-reactive ketones (excluding diaryl/α,β-unsaturated/α-hetero) is 1. The van der Waals surface area contributed by atoms with Crippen LogP contribution in [0.25, 0.3) is 0 Å². The van der Waals surface area contributed by atoms with Gasteiger partial charge in [0.2, 0.25) is 0 Å². The number of hydrogen-bond acceptors (Lipinski definition) is 4. The van der Waals surface area contributed by atoms with E-state index >= 15 is 0 Å². The Kier molecular flexibility index (Phi) is 6.29. The molecular weight excluding hydrogens is 306 g/mol. The highest BCUT2D eigenvalue weighted by Crippen LogP contribution is 2.30. The fraction of sp³-hybridized carbons (Fsp3) is 0.632. The second-order valence-corrected chi connectivity index (χ2v) is 7.34. The van der Waals surface area contributed by atoms with Crippen molar-refractivity contribution in [3.8, 4) is 0 Å². The Morgan fingerprint density at radius 1 is 1.17 bits per heavy atom. The van der Waals surface area contributed by atoms with Crippen LogP contribution in [-0.2, 0) is 17.6 Å². The molecule has 1 heterocycles. The molecule has 0 N–H and O–H groups in total. The van der Waals surface area contributed by atoms with Crippen molar-refractivity contribution in [3.05, 3.63) is 28.8 Å². The standard InChI is InChI=1S/C19H29NO2S/c1-6-14-12-16(13-15(7-2)17(14)23-5)18(21)19(3,4)20-8-10-22-11-9-20/h12-13H,6-11H2,1-5H3. The molecule has 1 aliphatic rings. The van der Waals surface area contributed by atoms with E-state index in [1.807, 2.05) is 13.8 Å². The smallest absolute Gasteiger partial charge is 0.182 e. The van der Waals surface area contributed by atoms with Crippen molar-refractivity contribution in [1.82, 2.24) is 4.90 Å². The highest BCUT2D eigenvalue weighted by atomic mass is 32.2. The maximum atomic E-state index is 13.2. The lowest BCUT2D eigenvalue weighted by molar-refractivity contribution is -0.00430. The molecule has 1 aromatic rings. The Bertz CT molecular complexity index is 537. The molecule has 1 aromatic carbocycles. The summed E-state index contributed by atoms with van der Waals surface area (Å²) in [7, 11) is 0. The number of thioether (sulfide) groups is 1. The van der Waals surface area contributed by atoms with E-state index in [4.69, 9.17) is 4.74 Å². The van der Waals surface area contributed by atoms with E-state index < -0.39 is 5.54 Å². The van der Waals surface area contributed by atoms with Gasteiger partial charge in [-0.05, 0) is 56.2 Å². The minimum Gasteiger partial charge on any atom is -0.379 e. The van der Waals surface area contributed by atoms with Gasteiger partial charge in [-0.2, -0.15) is 0 Å². The first-order valence-electron chi connectivity index (χ1n) is 8.53. The molecule has 0 aromatic heterocycles. The molecule has 1 saturated heterocycles. The molecule has 23 heavy (non-hydrogen) atoms. The maximum Gasteiger partial charge on any atom is 0.182 e. The molecule has 0 atom stereocenters. The first-order chi connectivity index (χ1) is 11.0. The minimum atomic E-state index is -0.485. The maximum absolute atomic E-state index is 13.2. The fourth-order valence-electron chi connectivity index (χ4n) is 3.29. The van der Waals surface area contributed by atoms with Crippen molar-refractivity contribution < 1.29 is 9.53 Å². The average molecular weight is 336 g/mol. The summed E-state index contributed by atoms with van der Waals surface area (Å²) in [6.07, 6.45) is 4.04. The van der Waals surface area contributed by atoms with Crippen LogP contribution in [-0.4, -0.2) is 48.8 Å². The van der Waals surface area contributed by atoms with Gasteiger partial charge in [0, 0.05) is 23.5 Å². The lowest BCUT2D eigenvalue weighted by atomic mass is 9.88. The Morgan fingerprint density at radius 3 is 2.13 bits per heavy atom. The van der Waals surface area contributed by atoms with Gasteiger partial charge in [0.15, 0.2) is 5.78 Å². The van der Waals surface area contributed by atoms with Gasteiger partial charge in [-0.25, -0.2) is 0 Å². The predicted octanol–water partition coefficient (Wildman–Crippen LogP) is 3.83. The van der Waals surface area contributed by atoms with Crippen LogP contribution in [0.15, 0.2) is 17.0 Å². The van der Waals surface area contributed by atoms with E-state index in [-0.39, 0.29) is 5.78 Å². The molecule has 2 rings (SSSR count). The van der Waals surface area contributed by atoms with Crippen LogP contribution in [0.5, 0.6) is 0 Å². The van der Waals surface area contributed by atoms with Crippen molar-refractivity contribution in [2.75, 3.05) is 32.6 Å². The van der Waals surface area contributed by atoms with E-state index in [2.05, 4.69) is 37.1 Å². The Morgan fingerprint density at radius 2 is 1.70 bits per heavy atom. The highest BCUT2D eigenvalue weighted by Gasteiger charge is 2.36. The summed E-state index contributed by atoms with van der Waals surface area (Å²) in [5.41, 5.74) is 2.95. The molecule has 1 fully saturated rings. The first kappa shape index (κ1) is 18.5. The molecule has 0 saturated carbocycles. The number of aryl methyl sites for hydroxylation is 2. The second kappa shape index (κ2) is 7.82. The molecule has 3 nitrogen and oxygen atoms in total. The third kappa shape index (κ3) is 3.81. The zero-order chi connectivity index (χ0) is 17.0. The van der Waals surface area contributed by atoms with E-state index in [1.165, 1.54) is 16.0 Å². The van der Waals surface area contributed by atoms with Crippen LogP contribution in [0.4, 0.5) is 0 Å². The summed E-state index contributed by atoms with van der Waals surface area (Å²) < 4.78 is 5.43. The lowest BCUT2D eigenvalue weighted by Gasteiger charge is -2.39. The molecule has 4 heteroatoms. The van der Waals surface area contributed by atoms with Crippen LogP contribution in [0, 0.1) is 0 Å². The number of carbonyl (C=O) groups is 1. The van der Waals surface area contributed by atoms with Crippen molar-refractivity contribution >= 4 is 17.5 Å². The topological polar surface area (TPSA) is 29.5 Å². The SMILES string of the molecule is CCc1cc(C(=O)C(C)(C)N2CCOCC2)cc(CC)c1SC. The van der Waals surface area contributed by atoms with Crippen LogP contribution >= 0.6 is 11.8 Å². The second-order valence-electron chi connectivity index (χ2n) is 6.52. The number of carbonyl (C=O) groups excluding carboxylic acids is 1. The van der Waals surface area contributed by atoms with E-state index in [9.17, 15) is 4.79 Å². The van der Waals surface area contributed by atoms with Crippen LogP contribution in [0.2, 0.25) is 0 Å². The lowest BCUT2D eigenvalue weighted by Crippen LogP contribution is -2.54. The van der Waals surface area contributed by atoms with Gasteiger partial charge in [-0.15, -0.1) is 11.8 Å². The molecule has 0 aliphatic carbocycles. The van der Waals surface area contributed by atoms with Crippen molar-refractivity contribution in [2.45, 2.75) is 51.0 Å². The molecule has 0 bridgehead atoms. The molecule has 0 unspecified atom stereocenters. The van der Waals surface area contributed by atoms with Gasteiger partial charge in [0.25, 0.3) is 0 Å². The van der Waals surface area contributed by atoms with Crippen LogP contribution < -0.4 is 0 Å². The number of hydrogen-bond donors (Lipinski definition) is 0. The van der Waals surface area contributed by atoms with Crippen LogP contribution in [0.1, 0.15) is 49.2 Å².